The van der Waals surface area contributed by atoms with Crippen molar-refractivity contribution >= 4 is 23.8 Å². The number of rotatable bonds is 4. The molecule has 0 spiro atoms. The molecule has 0 aliphatic carbocycles. The number of benzene rings is 1. The van der Waals surface area contributed by atoms with E-state index < -0.39 is 0 Å². The van der Waals surface area contributed by atoms with Gasteiger partial charge in [0.2, 0.25) is 0 Å². The number of pyridine rings is 1. The Labute approximate surface area is 107 Å². The fraction of sp³-hybridized carbons (Fsp3) is 0.133. The van der Waals surface area contributed by atoms with Crippen molar-refractivity contribution in [3.8, 4) is 0 Å². The van der Waals surface area contributed by atoms with Crippen LogP contribution in [0.3, 0.4) is 0 Å². The molecule has 1 nitrogen and oxygen atoms in total. The predicted molar refractivity (Wildman–Crippen MR) is 72.7 cm³/mol. The Hall–Kier alpha value is -1.60. The first kappa shape index (κ1) is 11.9. The van der Waals surface area contributed by atoms with Crippen LogP contribution >= 0.6 is 11.6 Å². The van der Waals surface area contributed by atoms with E-state index in [1.165, 1.54) is 11.1 Å². The summed E-state index contributed by atoms with van der Waals surface area (Å²) in [5.41, 5.74) is 2.41. The van der Waals surface area contributed by atoms with Crippen LogP contribution in [0.5, 0.6) is 0 Å². The Morgan fingerprint density at radius 3 is 2.06 bits per heavy atom. The summed E-state index contributed by atoms with van der Waals surface area (Å²) >= 11 is 5.68. The van der Waals surface area contributed by atoms with Gasteiger partial charge in [-0.1, -0.05) is 42.5 Å². The van der Waals surface area contributed by atoms with Crippen LogP contribution in [0, 0.1) is 0 Å². The van der Waals surface area contributed by atoms with Gasteiger partial charge < -0.3 is 0 Å². The summed E-state index contributed by atoms with van der Waals surface area (Å²) in [5.74, 6) is 0.643. The van der Waals surface area contributed by atoms with E-state index in [9.17, 15) is 0 Å². The molecule has 1 aromatic heterocycles. The van der Waals surface area contributed by atoms with Crippen molar-refractivity contribution in [2.45, 2.75) is 6.54 Å². The predicted octanol–water partition coefficient (Wildman–Crippen LogP) is 3.38. The fourth-order valence-corrected chi connectivity index (χ4v) is 1.78. The number of hydrogen-bond donors (Lipinski definition) is 0. The fourth-order valence-electron chi connectivity index (χ4n) is 1.58. The molecule has 0 bridgehead atoms. The first-order valence-electron chi connectivity index (χ1n) is 5.67. The molecule has 17 heavy (non-hydrogen) atoms. The molecule has 0 aliphatic heterocycles. The molecule has 0 aliphatic rings. The third-order valence-electron chi connectivity index (χ3n) is 2.53. The van der Waals surface area contributed by atoms with Crippen LogP contribution < -0.4 is 4.57 Å². The average Bonchev–Trinajstić information content (AvgIpc) is 2.40. The van der Waals surface area contributed by atoms with Gasteiger partial charge in [-0.05, 0) is 11.1 Å². The number of halogens is 1. The van der Waals surface area contributed by atoms with Gasteiger partial charge in [0, 0.05) is 12.1 Å². The highest BCUT2D eigenvalue weighted by atomic mass is 35.5. The van der Waals surface area contributed by atoms with E-state index in [0.717, 1.165) is 6.54 Å². The van der Waals surface area contributed by atoms with Crippen LogP contribution in [0.15, 0.2) is 54.9 Å². The number of alkyl halides is 1. The molecular formula is C15H15ClN+. The molecule has 2 aromatic rings. The highest BCUT2D eigenvalue weighted by Crippen LogP contribution is 2.06. The molecule has 0 atom stereocenters. The molecule has 86 valence electrons. The Kier molecular flexibility index (Phi) is 4.34. The van der Waals surface area contributed by atoms with Gasteiger partial charge in [-0.15, -0.1) is 11.6 Å². The largest absolute Gasteiger partial charge is 0.204 e. The second-order valence-corrected chi connectivity index (χ2v) is 4.18. The highest BCUT2D eigenvalue weighted by Gasteiger charge is 1.97. The average molecular weight is 245 g/mol. The van der Waals surface area contributed by atoms with Crippen LogP contribution in [0.25, 0.3) is 12.2 Å². The van der Waals surface area contributed by atoms with Crippen LogP contribution in [0.1, 0.15) is 11.1 Å². The molecule has 2 heteroatoms. The third-order valence-corrected chi connectivity index (χ3v) is 2.70. The summed E-state index contributed by atoms with van der Waals surface area (Å²) in [6, 6.07) is 14.5. The number of aromatic nitrogens is 1. The van der Waals surface area contributed by atoms with E-state index in [2.05, 4.69) is 41.0 Å². The zero-order valence-electron chi connectivity index (χ0n) is 9.59. The Bertz CT molecular complexity index is 474. The highest BCUT2D eigenvalue weighted by molar-refractivity contribution is 6.17. The molecule has 0 saturated heterocycles. The quantitative estimate of drug-likeness (QED) is 0.574. The first-order chi connectivity index (χ1) is 8.38. The Morgan fingerprint density at radius 1 is 0.882 bits per heavy atom. The van der Waals surface area contributed by atoms with Gasteiger partial charge in [-0.3, -0.25) is 0 Å². The molecule has 2 rings (SSSR count). The van der Waals surface area contributed by atoms with Crippen LogP contribution in [0.4, 0.5) is 0 Å². The van der Waals surface area contributed by atoms with Crippen LogP contribution in [-0.2, 0) is 6.54 Å². The van der Waals surface area contributed by atoms with Crippen molar-refractivity contribution in [1.29, 1.82) is 0 Å². The minimum Gasteiger partial charge on any atom is -0.204 e. The van der Waals surface area contributed by atoms with Gasteiger partial charge in [-0.2, -0.15) is 0 Å². The summed E-state index contributed by atoms with van der Waals surface area (Å²) in [6.45, 7) is 0.851. The lowest BCUT2D eigenvalue weighted by Crippen LogP contribution is -2.33. The van der Waals surface area contributed by atoms with Crippen molar-refractivity contribution in [2.75, 3.05) is 5.88 Å². The smallest absolute Gasteiger partial charge is 0.169 e. The minimum atomic E-state index is 0.643. The van der Waals surface area contributed by atoms with Gasteiger partial charge >= 0.3 is 0 Å². The van der Waals surface area contributed by atoms with Gasteiger partial charge in [0.15, 0.2) is 18.9 Å². The lowest BCUT2D eigenvalue weighted by atomic mass is 10.1. The Morgan fingerprint density at radius 2 is 1.47 bits per heavy atom. The maximum Gasteiger partial charge on any atom is 0.169 e. The summed E-state index contributed by atoms with van der Waals surface area (Å²) in [7, 11) is 0. The molecule has 0 radical (unpaired) electrons. The molecule has 0 saturated carbocycles. The molecule has 0 amide bonds. The molecular weight excluding hydrogens is 230 g/mol. The SMILES string of the molecule is ClCC[n+]1ccc(/C=C/c2ccccc2)cc1. The molecule has 0 fully saturated rings. The molecule has 1 aromatic carbocycles. The molecule has 0 unspecified atom stereocenters. The van der Waals surface area contributed by atoms with Gasteiger partial charge in [0.1, 0.15) is 0 Å². The van der Waals surface area contributed by atoms with Crippen molar-refractivity contribution in [2.24, 2.45) is 0 Å². The van der Waals surface area contributed by atoms with E-state index in [4.69, 9.17) is 11.6 Å². The summed E-state index contributed by atoms with van der Waals surface area (Å²) in [4.78, 5) is 0. The lowest BCUT2D eigenvalue weighted by Gasteiger charge is -1.95. The molecule has 1 heterocycles. The second-order valence-electron chi connectivity index (χ2n) is 3.80. The number of hydrogen-bond acceptors (Lipinski definition) is 0. The molecule has 0 N–H and O–H groups in total. The van der Waals surface area contributed by atoms with Crippen LogP contribution in [0.2, 0.25) is 0 Å². The lowest BCUT2D eigenvalue weighted by molar-refractivity contribution is -0.692. The minimum absolute atomic E-state index is 0.643. The topological polar surface area (TPSA) is 3.88 Å². The van der Waals surface area contributed by atoms with Gasteiger partial charge in [0.25, 0.3) is 0 Å². The zero-order chi connectivity index (χ0) is 11.9. The Balaban J connectivity index is 2.06. The maximum absolute atomic E-state index is 5.68. The van der Waals surface area contributed by atoms with E-state index in [-0.39, 0.29) is 0 Å². The first-order valence-corrected chi connectivity index (χ1v) is 6.20. The van der Waals surface area contributed by atoms with E-state index in [0.29, 0.717) is 5.88 Å². The second kappa shape index (κ2) is 6.21. The van der Waals surface area contributed by atoms with Gasteiger partial charge in [0.05, 0.1) is 5.88 Å². The monoisotopic (exact) mass is 244 g/mol. The number of aryl methyl sites for hydroxylation is 1. The summed E-state index contributed by atoms with van der Waals surface area (Å²) < 4.78 is 2.08. The maximum atomic E-state index is 5.68. The van der Waals surface area contributed by atoms with Crippen molar-refractivity contribution in [3.05, 3.63) is 66.0 Å². The summed E-state index contributed by atoms with van der Waals surface area (Å²) in [5, 5.41) is 0. The van der Waals surface area contributed by atoms with Crippen molar-refractivity contribution in [3.63, 3.8) is 0 Å². The number of nitrogens with zero attached hydrogens (tertiary/aromatic N) is 1. The summed E-state index contributed by atoms with van der Waals surface area (Å²) in [6.07, 6.45) is 8.32. The zero-order valence-corrected chi connectivity index (χ0v) is 10.3. The van der Waals surface area contributed by atoms with Crippen molar-refractivity contribution in [1.82, 2.24) is 0 Å². The van der Waals surface area contributed by atoms with Crippen molar-refractivity contribution < 1.29 is 4.57 Å². The van der Waals surface area contributed by atoms with Gasteiger partial charge in [-0.25, -0.2) is 4.57 Å². The van der Waals surface area contributed by atoms with E-state index in [1.54, 1.807) is 0 Å². The normalized spacial score (nSPS) is 10.9. The third kappa shape index (κ3) is 3.72. The standard InChI is InChI=1S/C15H15ClN/c16-10-13-17-11-8-15(9-12-17)7-6-14-4-2-1-3-5-14/h1-9,11-12H,10,13H2/q+1/b7-6+. The van der Waals surface area contributed by atoms with Crippen LogP contribution in [-0.4, -0.2) is 5.88 Å². The van der Waals surface area contributed by atoms with E-state index >= 15 is 0 Å². The van der Waals surface area contributed by atoms with E-state index in [1.807, 2.05) is 30.6 Å².